The summed E-state index contributed by atoms with van der Waals surface area (Å²) in [6.45, 7) is 4.62. The average Bonchev–Trinajstić information content (AvgIpc) is 2.95. The maximum Gasteiger partial charge on any atom is 0.150 e. The monoisotopic (exact) mass is 250 g/mol. The van der Waals surface area contributed by atoms with E-state index < -0.39 is 0 Å². The van der Waals surface area contributed by atoms with E-state index in [1.54, 1.807) is 0 Å². The van der Waals surface area contributed by atoms with Crippen molar-refractivity contribution in [3.05, 3.63) is 17.5 Å². The zero-order valence-electron chi connectivity index (χ0n) is 11.1. The van der Waals surface area contributed by atoms with E-state index >= 15 is 0 Å². The third-order valence-corrected chi connectivity index (χ3v) is 4.59. The summed E-state index contributed by atoms with van der Waals surface area (Å²) < 4.78 is 10.8. The Morgan fingerprint density at radius 1 is 1.39 bits per heavy atom. The predicted octanol–water partition coefficient (Wildman–Crippen LogP) is 2.42. The summed E-state index contributed by atoms with van der Waals surface area (Å²) in [7, 11) is 0. The van der Waals surface area contributed by atoms with E-state index in [4.69, 9.17) is 9.26 Å². The molecule has 1 N–H and O–H groups in total. The zero-order chi connectivity index (χ0) is 12.4. The van der Waals surface area contributed by atoms with Crippen molar-refractivity contribution in [1.82, 2.24) is 10.5 Å². The van der Waals surface area contributed by atoms with Crippen molar-refractivity contribution >= 4 is 0 Å². The van der Waals surface area contributed by atoms with Crippen molar-refractivity contribution in [3.63, 3.8) is 0 Å². The number of hydrogen-bond donors (Lipinski definition) is 1. The number of aryl methyl sites for hydroxylation is 1. The quantitative estimate of drug-likeness (QED) is 0.895. The second-order valence-electron chi connectivity index (χ2n) is 5.74. The van der Waals surface area contributed by atoms with Crippen LogP contribution in [0.5, 0.6) is 0 Å². The summed E-state index contributed by atoms with van der Waals surface area (Å²) in [5.74, 6) is 0.946. The summed E-state index contributed by atoms with van der Waals surface area (Å²) in [6, 6.07) is 2.63. The first-order chi connectivity index (χ1) is 8.78. The molecule has 1 atom stereocenters. The lowest BCUT2D eigenvalue weighted by Crippen LogP contribution is -2.44. The molecular formula is C14H22N2O2. The largest absolute Gasteiger partial charge is 0.381 e. The van der Waals surface area contributed by atoms with E-state index in [1.165, 1.54) is 32.1 Å². The first-order valence-electron chi connectivity index (χ1n) is 7.02. The highest BCUT2D eigenvalue weighted by atomic mass is 16.5. The van der Waals surface area contributed by atoms with E-state index in [0.717, 1.165) is 31.2 Å². The first kappa shape index (κ1) is 12.2. The van der Waals surface area contributed by atoms with Crippen LogP contribution in [0.3, 0.4) is 0 Å². The van der Waals surface area contributed by atoms with Crippen LogP contribution < -0.4 is 5.32 Å². The Morgan fingerprint density at radius 3 is 2.94 bits per heavy atom. The fourth-order valence-corrected chi connectivity index (χ4v) is 3.56. The van der Waals surface area contributed by atoms with Gasteiger partial charge in [0.25, 0.3) is 0 Å². The van der Waals surface area contributed by atoms with Gasteiger partial charge in [-0.2, -0.15) is 0 Å². The van der Waals surface area contributed by atoms with Crippen LogP contribution in [0.25, 0.3) is 0 Å². The van der Waals surface area contributed by atoms with Gasteiger partial charge in [0.15, 0.2) is 5.76 Å². The number of nitrogens with one attached hydrogen (secondary N) is 1. The molecule has 2 fully saturated rings. The molecule has 0 amide bonds. The highest BCUT2D eigenvalue weighted by molar-refractivity contribution is 5.04. The number of aromatic nitrogens is 1. The van der Waals surface area contributed by atoms with Crippen LogP contribution >= 0.6 is 0 Å². The Labute approximate surface area is 108 Å². The summed E-state index contributed by atoms with van der Waals surface area (Å²) in [4.78, 5) is 0. The molecule has 2 aliphatic rings. The van der Waals surface area contributed by atoms with Gasteiger partial charge in [-0.3, -0.25) is 0 Å². The summed E-state index contributed by atoms with van der Waals surface area (Å²) >= 11 is 0. The minimum absolute atomic E-state index is 0.479. The molecule has 1 aliphatic heterocycles. The van der Waals surface area contributed by atoms with Crippen LogP contribution in [0.4, 0.5) is 0 Å². The van der Waals surface area contributed by atoms with Crippen LogP contribution in [0, 0.1) is 12.3 Å². The fraction of sp³-hybridized carbons (Fsp3) is 0.786. The van der Waals surface area contributed by atoms with Crippen LogP contribution in [0.15, 0.2) is 10.6 Å². The Morgan fingerprint density at radius 2 is 2.22 bits per heavy atom. The van der Waals surface area contributed by atoms with Crippen LogP contribution in [0.1, 0.15) is 43.6 Å². The van der Waals surface area contributed by atoms with Gasteiger partial charge < -0.3 is 14.6 Å². The molecule has 0 radical (unpaired) electrons. The molecule has 3 rings (SSSR count). The molecule has 1 aromatic heterocycles. The molecule has 100 valence electrons. The Kier molecular flexibility index (Phi) is 3.39. The smallest absolute Gasteiger partial charge is 0.150 e. The maximum atomic E-state index is 5.51. The molecule has 1 aliphatic carbocycles. The Hall–Kier alpha value is -0.870. The number of hydrogen-bond acceptors (Lipinski definition) is 4. The highest BCUT2D eigenvalue weighted by Gasteiger charge is 2.43. The average molecular weight is 250 g/mol. The normalized spacial score (nSPS) is 26.8. The van der Waals surface area contributed by atoms with Crippen LogP contribution in [-0.4, -0.2) is 24.4 Å². The highest BCUT2D eigenvalue weighted by Crippen LogP contribution is 2.46. The molecule has 1 spiro atoms. The fourth-order valence-electron chi connectivity index (χ4n) is 3.56. The van der Waals surface area contributed by atoms with Gasteiger partial charge in [0, 0.05) is 25.3 Å². The summed E-state index contributed by atoms with van der Waals surface area (Å²) in [6.07, 6.45) is 6.39. The zero-order valence-corrected chi connectivity index (χ0v) is 11.1. The first-order valence-corrected chi connectivity index (χ1v) is 7.02. The van der Waals surface area contributed by atoms with Gasteiger partial charge in [-0.25, -0.2) is 0 Å². The van der Waals surface area contributed by atoms with Crippen molar-refractivity contribution in [2.45, 2.75) is 51.6 Å². The Bertz CT molecular complexity index is 396. The molecule has 0 bridgehead atoms. The lowest BCUT2D eigenvalue weighted by molar-refractivity contribution is 0.00383. The topological polar surface area (TPSA) is 47.3 Å². The van der Waals surface area contributed by atoms with Crippen molar-refractivity contribution in [2.75, 3.05) is 13.2 Å². The van der Waals surface area contributed by atoms with E-state index in [9.17, 15) is 0 Å². The second-order valence-corrected chi connectivity index (χ2v) is 5.74. The number of nitrogens with zero attached hydrogens (tertiary/aromatic N) is 1. The second kappa shape index (κ2) is 5.02. The van der Waals surface area contributed by atoms with Crippen molar-refractivity contribution in [1.29, 1.82) is 0 Å². The molecule has 4 nitrogen and oxygen atoms in total. The Balaban J connectivity index is 1.61. The molecular weight excluding hydrogens is 228 g/mol. The molecule has 18 heavy (non-hydrogen) atoms. The van der Waals surface area contributed by atoms with Crippen molar-refractivity contribution in [3.8, 4) is 0 Å². The van der Waals surface area contributed by atoms with E-state index in [2.05, 4.69) is 10.5 Å². The molecule has 1 saturated heterocycles. The van der Waals surface area contributed by atoms with Crippen LogP contribution in [-0.2, 0) is 11.3 Å². The van der Waals surface area contributed by atoms with Crippen LogP contribution in [0.2, 0.25) is 0 Å². The standard InChI is InChI=1S/C14H22N2O2/c1-11-9-12(18-16-11)10-15-13-3-2-4-14(13)5-7-17-8-6-14/h9,13,15H,2-8,10H2,1H3. The molecule has 1 unspecified atom stereocenters. The van der Waals surface area contributed by atoms with Gasteiger partial charge in [0.1, 0.15) is 0 Å². The van der Waals surface area contributed by atoms with E-state index in [0.29, 0.717) is 11.5 Å². The molecule has 4 heteroatoms. The molecule has 2 heterocycles. The third-order valence-electron chi connectivity index (χ3n) is 4.59. The van der Waals surface area contributed by atoms with E-state index in [1.807, 2.05) is 13.0 Å². The van der Waals surface area contributed by atoms with Crippen molar-refractivity contribution in [2.24, 2.45) is 5.41 Å². The lowest BCUT2D eigenvalue weighted by atomic mass is 9.75. The summed E-state index contributed by atoms with van der Waals surface area (Å²) in [5.41, 5.74) is 1.44. The van der Waals surface area contributed by atoms with E-state index in [-0.39, 0.29) is 0 Å². The molecule has 1 aromatic rings. The SMILES string of the molecule is Cc1cc(CNC2CCCC23CCOCC3)on1. The van der Waals surface area contributed by atoms with Crippen molar-refractivity contribution < 1.29 is 9.26 Å². The lowest BCUT2D eigenvalue weighted by Gasteiger charge is -2.39. The molecule has 0 aromatic carbocycles. The maximum absolute atomic E-state index is 5.51. The number of rotatable bonds is 3. The molecule has 1 saturated carbocycles. The predicted molar refractivity (Wildman–Crippen MR) is 68.2 cm³/mol. The van der Waals surface area contributed by atoms with Gasteiger partial charge in [-0.1, -0.05) is 11.6 Å². The number of ether oxygens (including phenoxy) is 1. The summed E-state index contributed by atoms with van der Waals surface area (Å²) in [5, 5.41) is 7.61. The minimum Gasteiger partial charge on any atom is -0.381 e. The van der Waals surface area contributed by atoms with Gasteiger partial charge in [0.05, 0.1) is 12.2 Å². The minimum atomic E-state index is 0.479. The van der Waals surface area contributed by atoms with Gasteiger partial charge in [-0.05, 0) is 38.0 Å². The van der Waals surface area contributed by atoms with Gasteiger partial charge in [-0.15, -0.1) is 0 Å². The van der Waals surface area contributed by atoms with Gasteiger partial charge in [0.2, 0.25) is 0 Å². The van der Waals surface area contributed by atoms with Gasteiger partial charge >= 0.3 is 0 Å². The third kappa shape index (κ3) is 2.31.